The zero-order valence-corrected chi connectivity index (χ0v) is 18.0. The summed E-state index contributed by atoms with van der Waals surface area (Å²) < 4.78 is 4.79. The lowest BCUT2D eigenvalue weighted by Crippen LogP contribution is -2.29. The molecule has 3 aromatic rings. The highest BCUT2D eigenvalue weighted by atomic mass is 16.5. The minimum Gasteiger partial charge on any atom is -0.465 e. The van der Waals surface area contributed by atoms with Crippen LogP contribution in [0, 0.1) is 0 Å². The number of ether oxygens (including phenoxy) is 1. The van der Waals surface area contributed by atoms with Gasteiger partial charge in [0, 0.05) is 24.7 Å². The Morgan fingerprint density at radius 1 is 0.969 bits per heavy atom. The van der Waals surface area contributed by atoms with Gasteiger partial charge in [0.2, 0.25) is 5.91 Å². The lowest BCUT2D eigenvalue weighted by Gasteiger charge is -2.12. The molecule has 0 atom stereocenters. The number of nitrogens with two attached hydrogens (primary N) is 1. The first-order valence-electron chi connectivity index (χ1n) is 10.1. The van der Waals surface area contributed by atoms with Gasteiger partial charge in [0.05, 0.1) is 18.4 Å². The van der Waals surface area contributed by atoms with Gasteiger partial charge in [-0.25, -0.2) is 4.79 Å². The predicted molar refractivity (Wildman–Crippen MR) is 125 cm³/mol. The second kappa shape index (κ2) is 10.4. The van der Waals surface area contributed by atoms with Gasteiger partial charge in [-0.1, -0.05) is 36.4 Å². The maximum atomic E-state index is 12.7. The monoisotopic (exact) mass is 431 g/mol. The Bertz CT molecular complexity index is 1200. The molecule has 0 aliphatic rings. The van der Waals surface area contributed by atoms with Crippen molar-refractivity contribution in [2.45, 2.75) is 6.92 Å². The molecule has 0 unspecified atom stereocenters. The third-order valence-corrected chi connectivity index (χ3v) is 4.93. The third kappa shape index (κ3) is 5.39. The van der Waals surface area contributed by atoms with Crippen molar-refractivity contribution in [1.82, 2.24) is 5.32 Å². The topological polar surface area (TPSA) is 111 Å². The molecule has 32 heavy (non-hydrogen) atoms. The molecular weight excluding hydrogens is 406 g/mol. The zero-order chi connectivity index (χ0) is 23.1. The quantitative estimate of drug-likeness (QED) is 0.392. The van der Waals surface area contributed by atoms with E-state index >= 15 is 0 Å². The van der Waals surface area contributed by atoms with E-state index in [1.54, 1.807) is 0 Å². The van der Waals surface area contributed by atoms with Gasteiger partial charge >= 0.3 is 5.97 Å². The molecule has 0 saturated heterocycles. The summed E-state index contributed by atoms with van der Waals surface area (Å²) in [5.74, 6) is -1.41. The minimum absolute atomic E-state index is 0.146. The SMILES string of the molecule is COC(=O)c1ccc(C(=O)NCCN)cc1NC(=O)C=C(C)c1ccc2ccccc2c1. The van der Waals surface area contributed by atoms with Crippen LogP contribution >= 0.6 is 0 Å². The number of esters is 1. The van der Waals surface area contributed by atoms with Gasteiger partial charge in [0.25, 0.3) is 5.91 Å². The Labute approximate surface area is 186 Å². The lowest BCUT2D eigenvalue weighted by atomic mass is 10.0. The normalized spacial score (nSPS) is 11.2. The Hall–Kier alpha value is -3.97. The number of carbonyl (C=O) groups excluding carboxylic acids is 3. The van der Waals surface area contributed by atoms with Crippen LogP contribution in [0.2, 0.25) is 0 Å². The molecule has 0 aliphatic carbocycles. The molecule has 3 rings (SSSR count). The average molecular weight is 431 g/mol. The van der Waals surface area contributed by atoms with Crippen LogP contribution in [0.5, 0.6) is 0 Å². The van der Waals surface area contributed by atoms with Gasteiger partial charge in [0.15, 0.2) is 0 Å². The van der Waals surface area contributed by atoms with Gasteiger partial charge in [-0.3, -0.25) is 9.59 Å². The highest BCUT2D eigenvalue weighted by Gasteiger charge is 2.16. The van der Waals surface area contributed by atoms with Crippen LogP contribution in [-0.2, 0) is 9.53 Å². The maximum Gasteiger partial charge on any atom is 0.339 e. The first-order valence-corrected chi connectivity index (χ1v) is 10.1. The summed E-state index contributed by atoms with van der Waals surface area (Å²) in [7, 11) is 1.25. The summed E-state index contributed by atoms with van der Waals surface area (Å²) in [6.45, 7) is 2.45. The largest absolute Gasteiger partial charge is 0.465 e. The summed E-state index contributed by atoms with van der Waals surface area (Å²) in [5, 5.41) is 7.53. The van der Waals surface area contributed by atoms with E-state index in [2.05, 4.69) is 10.6 Å². The fraction of sp³-hybridized carbons (Fsp3) is 0.160. The fourth-order valence-electron chi connectivity index (χ4n) is 3.25. The van der Waals surface area contributed by atoms with E-state index in [0.29, 0.717) is 13.1 Å². The molecule has 164 valence electrons. The van der Waals surface area contributed by atoms with E-state index in [1.807, 2.05) is 49.4 Å². The van der Waals surface area contributed by atoms with Crippen LogP contribution in [-0.4, -0.2) is 38.0 Å². The number of fused-ring (bicyclic) bond motifs is 1. The summed E-state index contributed by atoms with van der Waals surface area (Å²) in [4.78, 5) is 37.1. The van der Waals surface area contributed by atoms with E-state index < -0.39 is 11.9 Å². The summed E-state index contributed by atoms with van der Waals surface area (Å²) >= 11 is 0. The van der Waals surface area contributed by atoms with Crippen molar-refractivity contribution in [3.63, 3.8) is 0 Å². The Balaban J connectivity index is 1.86. The van der Waals surface area contributed by atoms with Crippen molar-refractivity contribution in [2.24, 2.45) is 5.73 Å². The molecule has 0 radical (unpaired) electrons. The number of hydrogen-bond donors (Lipinski definition) is 3. The number of amides is 2. The number of allylic oxidation sites excluding steroid dienone is 1. The van der Waals surface area contributed by atoms with E-state index in [-0.39, 0.29) is 22.7 Å². The summed E-state index contributed by atoms with van der Waals surface area (Å²) in [5.41, 5.74) is 7.70. The molecule has 0 saturated carbocycles. The van der Waals surface area contributed by atoms with Crippen LogP contribution < -0.4 is 16.4 Å². The smallest absolute Gasteiger partial charge is 0.339 e. The van der Waals surface area contributed by atoms with Crippen molar-refractivity contribution >= 4 is 39.8 Å². The highest BCUT2D eigenvalue weighted by Crippen LogP contribution is 2.22. The molecular formula is C25H25N3O4. The molecule has 0 heterocycles. The van der Waals surface area contributed by atoms with Gasteiger partial charge in [-0.05, 0) is 53.1 Å². The molecule has 0 aromatic heterocycles. The molecule has 3 aromatic carbocycles. The van der Waals surface area contributed by atoms with Crippen LogP contribution in [0.25, 0.3) is 16.3 Å². The van der Waals surface area contributed by atoms with Gasteiger partial charge in [0.1, 0.15) is 0 Å². The molecule has 4 N–H and O–H groups in total. The molecule has 7 nitrogen and oxygen atoms in total. The van der Waals surface area contributed by atoms with Crippen LogP contribution in [0.3, 0.4) is 0 Å². The maximum absolute atomic E-state index is 12.7. The molecule has 0 fully saturated rings. The Kier molecular flexibility index (Phi) is 7.36. The van der Waals surface area contributed by atoms with E-state index in [1.165, 1.54) is 31.4 Å². The van der Waals surface area contributed by atoms with Gasteiger partial charge in [-0.2, -0.15) is 0 Å². The first-order chi connectivity index (χ1) is 15.4. The molecule has 7 heteroatoms. The van der Waals surface area contributed by atoms with Crippen molar-refractivity contribution < 1.29 is 19.1 Å². The summed E-state index contributed by atoms with van der Waals surface area (Å²) in [6, 6.07) is 18.3. The van der Waals surface area contributed by atoms with Gasteiger partial charge in [-0.15, -0.1) is 0 Å². The third-order valence-electron chi connectivity index (χ3n) is 4.93. The predicted octanol–water partition coefficient (Wildman–Crippen LogP) is 3.36. The fourth-order valence-corrected chi connectivity index (χ4v) is 3.25. The number of benzene rings is 3. The second-order valence-corrected chi connectivity index (χ2v) is 7.18. The number of nitrogens with one attached hydrogen (secondary N) is 2. The number of carbonyl (C=O) groups is 3. The Morgan fingerprint density at radius 3 is 2.41 bits per heavy atom. The van der Waals surface area contributed by atoms with Crippen LogP contribution in [0.15, 0.2) is 66.7 Å². The standard InChI is InChI=1S/C25H25N3O4/c1-16(18-8-7-17-5-3-4-6-19(17)14-18)13-23(29)28-22-15-20(24(30)27-12-11-26)9-10-21(22)25(31)32-2/h3-10,13-15H,11-12,26H2,1-2H3,(H,27,30)(H,28,29). The molecule has 0 bridgehead atoms. The number of anilines is 1. The first kappa shape index (κ1) is 22.7. The number of rotatable bonds is 7. The van der Waals surface area contributed by atoms with E-state index in [4.69, 9.17) is 10.5 Å². The molecule has 2 amide bonds. The number of methoxy groups -OCH3 is 1. The van der Waals surface area contributed by atoms with Crippen molar-refractivity contribution in [3.05, 3.63) is 83.4 Å². The van der Waals surface area contributed by atoms with Crippen molar-refractivity contribution in [1.29, 1.82) is 0 Å². The van der Waals surface area contributed by atoms with Crippen molar-refractivity contribution in [3.8, 4) is 0 Å². The average Bonchev–Trinajstić information content (AvgIpc) is 2.81. The van der Waals surface area contributed by atoms with Crippen LogP contribution in [0.4, 0.5) is 5.69 Å². The summed E-state index contributed by atoms with van der Waals surface area (Å²) in [6.07, 6.45) is 1.45. The Morgan fingerprint density at radius 2 is 1.69 bits per heavy atom. The number of hydrogen-bond acceptors (Lipinski definition) is 5. The molecule has 0 aliphatic heterocycles. The van der Waals surface area contributed by atoms with Crippen molar-refractivity contribution in [2.75, 3.05) is 25.5 Å². The van der Waals surface area contributed by atoms with Gasteiger partial charge < -0.3 is 21.1 Å². The molecule has 0 spiro atoms. The second-order valence-electron chi connectivity index (χ2n) is 7.18. The lowest BCUT2D eigenvalue weighted by molar-refractivity contribution is -0.111. The van der Waals surface area contributed by atoms with E-state index in [0.717, 1.165) is 21.9 Å². The zero-order valence-electron chi connectivity index (χ0n) is 18.0. The van der Waals surface area contributed by atoms with E-state index in [9.17, 15) is 14.4 Å². The highest BCUT2D eigenvalue weighted by molar-refractivity contribution is 6.09. The van der Waals surface area contributed by atoms with Crippen LogP contribution in [0.1, 0.15) is 33.2 Å². The minimum atomic E-state index is -0.621.